The van der Waals surface area contributed by atoms with Crippen LogP contribution in [0.1, 0.15) is 26.4 Å². The molecule has 0 amide bonds. The number of carbonyl (C=O) groups excluding carboxylic acids is 2. The lowest BCUT2D eigenvalue weighted by Crippen LogP contribution is -2.24. The summed E-state index contributed by atoms with van der Waals surface area (Å²) in [6, 6.07) is 13.5. The van der Waals surface area contributed by atoms with Gasteiger partial charge in [0, 0.05) is 12.7 Å². The number of carbonyl (C=O) groups is 2. The molecule has 1 heterocycles. The molecule has 0 radical (unpaired) electrons. The quantitative estimate of drug-likeness (QED) is 0.439. The van der Waals surface area contributed by atoms with Crippen LogP contribution in [0, 0.1) is 6.92 Å². The minimum atomic E-state index is -0.707. The summed E-state index contributed by atoms with van der Waals surface area (Å²) in [6.45, 7) is 1.12. The molecule has 0 N–H and O–H groups in total. The summed E-state index contributed by atoms with van der Waals surface area (Å²) in [6.07, 6.45) is 0. The van der Waals surface area contributed by atoms with Crippen LogP contribution in [-0.2, 0) is 11.8 Å². The molecule has 0 bridgehead atoms. The first kappa shape index (κ1) is 20.9. The second-order valence-corrected chi connectivity index (χ2v) is 6.51. The molecule has 2 aromatic carbocycles. The van der Waals surface area contributed by atoms with E-state index in [1.165, 1.54) is 31.0 Å². The lowest BCUT2D eigenvalue weighted by Gasteiger charge is -2.09. The van der Waals surface area contributed by atoms with E-state index in [1.54, 1.807) is 49.0 Å². The first-order valence-electron chi connectivity index (χ1n) is 9.15. The SMILES string of the molecule is COc1ccc(C(=O)OCC(=O)c2c(C)n(C)n(-c3ccccc3)c2=O)cc1OC. The number of aromatic nitrogens is 2. The third-order valence-electron chi connectivity index (χ3n) is 4.79. The molecule has 30 heavy (non-hydrogen) atoms. The van der Waals surface area contributed by atoms with Gasteiger partial charge in [0.2, 0.25) is 5.78 Å². The minimum absolute atomic E-state index is 0.0125. The van der Waals surface area contributed by atoms with E-state index in [0.717, 1.165) is 0 Å². The van der Waals surface area contributed by atoms with E-state index < -0.39 is 23.9 Å². The van der Waals surface area contributed by atoms with Crippen molar-refractivity contribution >= 4 is 11.8 Å². The normalized spacial score (nSPS) is 10.5. The molecule has 8 heteroatoms. The van der Waals surface area contributed by atoms with E-state index in [0.29, 0.717) is 22.9 Å². The third-order valence-corrected chi connectivity index (χ3v) is 4.79. The predicted molar refractivity (Wildman–Crippen MR) is 110 cm³/mol. The second-order valence-electron chi connectivity index (χ2n) is 6.51. The number of esters is 1. The van der Waals surface area contributed by atoms with Gasteiger partial charge in [0.15, 0.2) is 18.1 Å². The summed E-state index contributed by atoms with van der Waals surface area (Å²) in [5.41, 5.74) is 0.840. The number of para-hydroxylation sites is 1. The average molecular weight is 410 g/mol. The second kappa shape index (κ2) is 8.69. The van der Waals surface area contributed by atoms with Crippen molar-refractivity contribution < 1.29 is 23.8 Å². The van der Waals surface area contributed by atoms with Gasteiger partial charge in [-0.15, -0.1) is 0 Å². The molecule has 3 rings (SSSR count). The molecular formula is C22H22N2O6. The summed E-state index contributed by atoms with van der Waals surface area (Å²) >= 11 is 0. The maximum Gasteiger partial charge on any atom is 0.338 e. The third kappa shape index (κ3) is 3.84. The minimum Gasteiger partial charge on any atom is -0.493 e. The number of ether oxygens (including phenoxy) is 3. The molecule has 156 valence electrons. The molecule has 0 saturated heterocycles. The van der Waals surface area contributed by atoms with Gasteiger partial charge in [0.05, 0.1) is 25.5 Å². The van der Waals surface area contributed by atoms with E-state index in [4.69, 9.17) is 14.2 Å². The highest BCUT2D eigenvalue weighted by molar-refractivity contribution is 6.00. The van der Waals surface area contributed by atoms with Gasteiger partial charge in [-0.3, -0.25) is 14.3 Å². The van der Waals surface area contributed by atoms with Gasteiger partial charge in [-0.25, -0.2) is 9.48 Å². The van der Waals surface area contributed by atoms with Crippen molar-refractivity contribution in [2.24, 2.45) is 7.05 Å². The van der Waals surface area contributed by atoms with Gasteiger partial charge in [-0.1, -0.05) is 18.2 Å². The summed E-state index contributed by atoms with van der Waals surface area (Å²) in [5, 5.41) is 0. The molecule has 1 aromatic heterocycles. The van der Waals surface area contributed by atoms with Gasteiger partial charge in [0.1, 0.15) is 5.56 Å². The summed E-state index contributed by atoms with van der Waals surface area (Å²) in [7, 11) is 4.63. The summed E-state index contributed by atoms with van der Waals surface area (Å²) in [4.78, 5) is 37.9. The lowest BCUT2D eigenvalue weighted by atomic mass is 10.1. The monoisotopic (exact) mass is 410 g/mol. The number of methoxy groups -OCH3 is 2. The number of Topliss-reactive ketones (excluding diaryl/α,β-unsaturated/α-hetero) is 1. The standard InChI is InChI=1S/C22H22N2O6/c1-14-20(21(26)24(23(14)2)16-8-6-5-7-9-16)17(25)13-30-22(27)15-10-11-18(28-3)19(12-15)29-4/h5-12H,13H2,1-4H3. The Hall–Kier alpha value is -3.81. The molecule has 0 fully saturated rings. The van der Waals surface area contributed by atoms with Crippen LogP contribution in [0.2, 0.25) is 0 Å². The van der Waals surface area contributed by atoms with Gasteiger partial charge in [-0.2, -0.15) is 0 Å². The van der Waals surface area contributed by atoms with E-state index >= 15 is 0 Å². The molecule has 0 aliphatic heterocycles. The number of hydrogen-bond donors (Lipinski definition) is 0. The molecule has 0 atom stereocenters. The van der Waals surface area contributed by atoms with E-state index in [-0.39, 0.29) is 11.1 Å². The smallest absolute Gasteiger partial charge is 0.338 e. The first-order chi connectivity index (χ1) is 14.4. The molecule has 0 aliphatic rings. The number of ketones is 1. The predicted octanol–water partition coefficient (Wildman–Crippen LogP) is 2.54. The van der Waals surface area contributed by atoms with Crippen molar-refractivity contribution in [2.45, 2.75) is 6.92 Å². The first-order valence-corrected chi connectivity index (χ1v) is 9.15. The highest BCUT2D eigenvalue weighted by atomic mass is 16.5. The summed E-state index contributed by atoms with van der Waals surface area (Å²) < 4.78 is 18.4. The fourth-order valence-electron chi connectivity index (χ4n) is 3.14. The fourth-order valence-corrected chi connectivity index (χ4v) is 3.14. The molecular weight excluding hydrogens is 388 g/mol. The summed E-state index contributed by atoms with van der Waals surface area (Å²) in [5.74, 6) is -0.452. The van der Waals surface area contributed by atoms with Crippen LogP contribution in [0.15, 0.2) is 53.3 Å². The fraction of sp³-hybridized carbons (Fsp3) is 0.227. The van der Waals surface area contributed by atoms with Crippen molar-refractivity contribution in [1.82, 2.24) is 9.36 Å². The van der Waals surface area contributed by atoms with E-state index in [9.17, 15) is 14.4 Å². The maximum absolute atomic E-state index is 12.9. The van der Waals surface area contributed by atoms with Crippen LogP contribution < -0.4 is 15.0 Å². The Morgan fingerprint density at radius 1 is 0.967 bits per heavy atom. The Balaban J connectivity index is 1.81. The average Bonchev–Trinajstić information content (AvgIpc) is 2.99. The zero-order valence-corrected chi connectivity index (χ0v) is 17.2. The van der Waals surface area contributed by atoms with Gasteiger partial charge >= 0.3 is 5.97 Å². The lowest BCUT2D eigenvalue weighted by molar-refractivity contribution is 0.0474. The van der Waals surface area contributed by atoms with Crippen molar-refractivity contribution in [3.8, 4) is 17.2 Å². The molecule has 8 nitrogen and oxygen atoms in total. The maximum atomic E-state index is 12.9. The van der Waals surface area contributed by atoms with Crippen LogP contribution in [0.5, 0.6) is 11.5 Å². The molecule has 3 aromatic rings. The van der Waals surface area contributed by atoms with Crippen molar-refractivity contribution in [3.05, 3.63) is 75.7 Å². The Kier molecular flexibility index (Phi) is 6.06. The topological polar surface area (TPSA) is 88.8 Å². The van der Waals surface area contributed by atoms with Crippen LogP contribution in [0.4, 0.5) is 0 Å². The Labute approximate surface area is 173 Å². The van der Waals surface area contributed by atoms with Crippen molar-refractivity contribution in [1.29, 1.82) is 0 Å². The highest BCUT2D eigenvalue weighted by Crippen LogP contribution is 2.27. The van der Waals surface area contributed by atoms with Gasteiger partial charge < -0.3 is 14.2 Å². The van der Waals surface area contributed by atoms with Crippen LogP contribution in [0.25, 0.3) is 5.69 Å². The molecule has 0 aliphatic carbocycles. The zero-order valence-electron chi connectivity index (χ0n) is 17.2. The number of nitrogens with zero attached hydrogens (tertiary/aromatic N) is 2. The van der Waals surface area contributed by atoms with Crippen molar-refractivity contribution in [2.75, 3.05) is 20.8 Å². The van der Waals surface area contributed by atoms with E-state index in [2.05, 4.69) is 0 Å². The number of rotatable bonds is 7. The van der Waals surface area contributed by atoms with Crippen molar-refractivity contribution in [3.63, 3.8) is 0 Å². The Morgan fingerprint density at radius 2 is 1.63 bits per heavy atom. The van der Waals surface area contributed by atoms with Crippen LogP contribution in [0.3, 0.4) is 0 Å². The Morgan fingerprint density at radius 3 is 2.27 bits per heavy atom. The van der Waals surface area contributed by atoms with E-state index in [1.807, 2.05) is 6.07 Å². The Bertz CT molecular complexity index is 1140. The van der Waals surface area contributed by atoms with Gasteiger partial charge in [-0.05, 0) is 37.3 Å². The van der Waals surface area contributed by atoms with Crippen LogP contribution >= 0.6 is 0 Å². The largest absolute Gasteiger partial charge is 0.493 e. The molecule has 0 saturated carbocycles. The number of benzene rings is 2. The number of hydrogen-bond acceptors (Lipinski definition) is 6. The highest BCUT2D eigenvalue weighted by Gasteiger charge is 2.23. The van der Waals surface area contributed by atoms with Crippen LogP contribution in [-0.4, -0.2) is 41.9 Å². The zero-order chi connectivity index (χ0) is 21.8. The van der Waals surface area contributed by atoms with Gasteiger partial charge in [0.25, 0.3) is 5.56 Å². The molecule has 0 unspecified atom stereocenters. The molecule has 0 spiro atoms.